The third kappa shape index (κ3) is 9.07. The number of ether oxygens (including phenoxy) is 1. The maximum Gasteiger partial charge on any atom is 0.321 e. The zero-order valence-electron chi connectivity index (χ0n) is 16.2. The predicted octanol–water partition coefficient (Wildman–Crippen LogP) is 2.37. The Hall–Kier alpha value is -2.30. The quantitative estimate of drug-likeness (QED) is 0.360. The number of urea groups is 1. The molecule has 0 aliphatic heterocycles. The van der Waals surface area contributed by atoms with Crippen LogP contribution in [0.4, 0.5) is 13.6 Å². The maximum atomic E-state index is 12.4. The number of carbonyl (C=O) groups excluding carboxylic acids is 3. The van der Waals surface area contributed by atoms with Crippen LogP contribution in [-0.2, 0) is 20.7 Å². The predicted molar refractivity (Wildman–Crippen MR) is 99.0 cm³/mol. The van der Waals surface area contributed by atoms with Crippen LogP contribution < -0.4 is 10.6 Å². The number of hydrogen-bond acceptors (Lipinski definition) is 7. The van der Waals surface area contributed by atoms with Crippen molar-refractivity contribution in [1.29, 1.82) is 0 Å². The molecule has 0 unspecified atom stereocenters. The van der Waals surface area contributed by atoms with E-state index in [4.69, 9.17) is 4.74 Å². The van der Waals surface area contributed by atoms with Gasteiger partial charge in [0, 0.05) is 24.4 Å². The molecule has 1 aromatic heterocycles. The fourth-order valence-corrected chi connectivity index (χ4v) is 2.69. The fraction of sp³-hybridized carbons (Fsp3) is 0.588. The molecule has 156 valence electrons. The molecule has 0 radical (unpaired) electrons. The van der Waals surface area contributed by atoms with Gasteiger partial charge < -0.3 is 10.1 Å². The minimum Gasteiger partial charge on any atom is -0.456 e. The number of amides is 3. The summed E-state index contributed by atoms with van der Waals surface area (Å²) in [6, 6.07) is -0.653. The Morgan fingerprint density at radius 2 is 1.75 bits per heavy atom. The molecule has 0 saturated heterocycles. The number of esters is 1. The first-order valence-electron chi connectivity index (χ1n) is 8.60. The summed E-state index contributed by atoms with van der Waals surface area (Å²) in [5.41, 5.74) is 1.67. The van der Waals surface area contributed by atoms with E-state index in [1.165, 1.54) is 0 Å². The first kappa shape index (κ1) is 23.7. The lowest BCUT2D eigenvalue weighted by atomic mass is 10.1. The summed E-state index contributed by atoms with van der Waals surface area (Å²) in [7, 11) is 0. The van der Waals surface area contributed by atoms with Gasteiger partial charge in [-0.1, -0.05) is 13.8 Å². The van der Waals surface area contributed by atoms with Crippen LogP contribution in [-0.4, -0.2) is 46.8 Å². The minimum absolute atomic E-state index is 0.0243. The summed E-state index contributed by atoms with van der Waals surface area (Å²) < 4.78 is 29.7. The van der Waals surface area contributed by atoms with Crippen molar-refractivity contribution in [3.8, 4) is 0 Å². The molecule has 0 atom stereocenters. The fourth-order valence-electron chi connectivity index (χ4n) is 2.15. The average molecular weight is 418 g/mol. The summed E-state index contributed by atoms with van der Waals surface area (Å²) >= 11 is 0.257. The largest absolute Gasteiger partial charge is 0.456 e. The molecule has 0 aliphatic carbocycles. The number of thioether (sulfide) groups is 1. The van der Waals surface area contributed by atoms with E-state index >= 15 is 0 Å². The van der Waals surface area contributed by atoms with E-state index in [2.05, 4.69) is 20.6 Å². The Kier molecular flexibility index (Phi) is 9.77. The number of rotatable bonds is 9. The van der Waals surface area contributed by atoms with Crippen molar-refractivity contribution in [2.45, 2.75) is 51.5 Å². The molecule has 2 N–H and O–H groups in total. The van der Waals surface area contributed by atoms with Crippen molar-refractivity contribution in [2.24, 2.45) is 5.92 Å². The zero-order valence-corrected chi connectivity index (χ0v) is 17.0. The molecule has 0 aliphatic rings. The number of nitrogens with zero attached hydrogens (tertiary/aromatic N) is 2. The van der Waals surface area contributed by atoms with E-state index < -0.39 is 30.3 Å². The van der Waals surface area contributed by atoms with Gasteiger partial charge in [0.2, 0.25) is 0 Å². The molecule has 28 heavy (non-hydrogen) atoms. The summed E-state index contributed by atoms with van der Waals surface area (Å²) in [6.45, 7) is 6.94. The van der Waals surface area contributed by atoms with E-state index in [9.17, 15) is 23.2 Å². The number of hydrogen-bond donors (Lipinski definition) is 2. The van der Waals surface area contributed by atoms with Crippen molar-refractivity contribution in [3.05, 3.63) is 17.0 Å². The average Bonchev–Trinajstić information content (AvgIpc) is 2.56. The van der Waals surface area contributed by atoms with Gasteiger partial charge in [-0.25, -0.2) is 14.8 Å². The Balaban J connectivity index is 2.44. The van der Waals surface area contributed by atoms with Gasteiger partial charge in [0.25, 0.3) is 11.7 Å². The summed E-state index contributed by atoms with van der Waals surface area (Å²) in [5.74, 6) is -3.75. The number of imide groups is 1. The molecule has 0 fully saturated rings. The normalized spacial score (nSPS) is 10.9. The third-order valence-electron chi connectivity index (χ3n) is 3.46. The van der Waals surface area contributed by atoms with Crippen LogP contribution >= 0.6 is 11.8 Å². The summed E-state index contributed by atoms with van der Waals surface area (Å²) in [6.07, 6.45) is 0.200. The monoisotopic (exact) mass is 418 g/mol. The lowest BCUT2D eigenvalue weighted by Crippen LogP contribution is -2.42. The molecule has 3 amide bonds. The van der Waals surface area contributed by atoms with E-state index in [0.29, 0.717) is 23.5 Å². The second-order valence-corrected chi connectivity index (χ2v) is 7.30. The van der Waals surface area contributed by atoms with Crippen molar-refractivity contribution < 1.29 is 27.9 Å². The highest BCUT2D eigenvalue weighted by molar-refractivity contribution is 7.99. The molecule has 1 aromatic rings. The van der Waals surface area contributed by atoms with Gasteiger partial charge in [0.05, 0.1) is 0 Å². The Morgan fingerprint density at radius 1 is 1.14 bits per heavy atom. The molecular formula is C17H24F2N4O4S. The van der Waals surface area contributed by atoms with E-state index in [0.717, 1.165) is 0 Å². The van der Waals surface area contributed by atoms with Crippen LogP contribution in [0.5, 0.6) is 0 Å². The van der Waals surface area contributed by atoms with Crippen molar-refractivity contribution in [1.82, 2.24) is 20.6 Å². The number of halogens is 2. The van der Waals surface area contributed by atoms with E-state index in [-0.39, 0.29) is 35.7 Å². The SMILES string of the molecule is Cc1nc(SC(F)F)nc(C)c1CCC(=O)OCC(=O)NC(=O)NCC(C)C. The van der Waals surface area contributed by atoms with Crippen LogP contribution in [0.15, 0.2) is 5.16 Å². The molecule has 0 spiro atoms. The number of aryl methyl sites for hydroxylation is 2. The number of nitrogens with one attached hydrogen (secondary N) is 2. The highest BCUT2D eigenvalue weighted by Gasteiger charge is 2.15. The van der Waals surface area contributed by atoms with Crippen molar-refractivity contribution in [3.63, 3.8) is 0 Å². The van der Waals surface area contributed by atoms with Crippen LogP contribution in [0.2, 0.25) is 0 Å². The molecule has 11 heteroatoms. The summed E-state index contributed by atoms with van der Waals surface area (Å²) in [5, 5.41) is 4.53. The minimum atomic E-state index is -2.61. The van der Waals surface area contributed by atoms with Crippen LogP contribution in [0.1, 0.15) is 37.2 Å². The standard InChI is InChI=1S/C17H24F2N4O4S/c1-9(2)7-20-16(26)23-13(24)8-27-14(25)6-5-12-10(3)21-17(22-11(12)4)28-15(18)19/h9,15H,5-8H2,1-4H3,(H2,20,23,24,26). The van der Waals surface area contributed by atoms with Gasteiger partial charge in [0.15, 0.2) is 11.8 Å². The van der Waals surface area contributed by atoms with Crippen molar-refractivity contribution in [2.75, 3.05) is 13.2 Å². The number of aromatic nitrogens is 2. The first-order chi connectivity index (χ1) is 13.1. The van der Waals surface area contributed by atoms with Gasteiger partial charge in [-0.05, 0) is 43.5 Å². The summed E-state index contributed by atoms with van der Waals surface area (Å²) in [4.78, 5) is 42.8. The van der Waals surface area contributed by atoms with Gasteiger partial charge >= 0.3 is 12.0 Å². The van der Waals surface area contributed by atoms with E-state index in [1.54, 1.807) is 13.8 Å². The highest BCUT2D eigenvalue weighted by atomic mass is 32.2. The Labute approximate surface area is 166 Å². The number of alkyl halides is 2. The first-order valence-corrected chi connectivity index (χ1v) is 9.48. The van der Waals surface area contributed by atoms with Gasteiger partial charge in [-0.2, -0.15) is 8.78 Å². The van der Waals surface area contributed by atoms with Gasteiger partial charge in [0.1, 0.15) is 0 Å². The topological polar surface area (TPSA) is 110 Å². The van der Waals surface area contributed by atoms with Crippen LogP contribution in [0.25, 0.3) is 0 Å². The molecule has 0 aromatic carbocycles. The highest BCUT2D eigenvalue weighted by Crippen LogP contribution is 2.24. The molecular weight excluding hydrogens is 394 g/mol. The lowest BCUT2D eigenvalue weighted by molar-refractivity contribution is -0.148. The smallest absolute Gasteiger partial charge is 0.321 e. The maximum absolute atomic E-state index is 12.4. The van der Waals surface area contributed by atoms with Gasteiger partial charge in [-0.3, -0.25) is 14.9 Å². The van der Waals surface area contributed by atoms with Crippen molar-refractivity contribution >= 4 is 29.7 Å². The molecule has 0 saturated carbocycles. The third-order valence-corrected chi connectivity index (χ3v) is 4.03. The number of carbonyl (C=O) groups is 3. The van der Waals surface area contributed by atoms with Crippen LogP contribution in [0, 0.1) is 19.8 Å². The lowest BCUT2D eigenvalue weighted by Gasteiger charge is -2.11. The molecule has 0 bridgehead atoms. The second kappa shape index (κ2) is 11.5. The second-order valence-electron chi connectivity index (χ2n) is 6.35. The zero-order chi connectivity index (χ0) is 21.3. The Morgan fingerprint density at radius 3 is 2.29 bits per heavy atom. The van der Waals surface area contributed by atoms with E-state index in [1.807, 2.05) is 13.8 Å². The molecule has 1 rings (SSSR count). The Bertz CT molecular complexity index is 693. The molecule has 8 nitrogen and oxygen atoms in total. The van der Waals surface area contributed by atoms with Gasteiger partial charge in [-0.15, -0.1) is 0 Å². The molecule has 1 heterocycles. The van der Waals surface area contributed by atoms with Crippen LogP contribution in [0.3, 0.4) is 0 Å².